The largest absolute Gasteiger partial charge is 0.489 e. The van der Waals surface area contributed by atoms with Crippen molar-refractivity contribution in [1.29, 1.82) is 0 Å². The molecule has 0 aliphatic carbocycles. The van der Waals surface area contributed by atoms with E-state index in [-0.39, 0.29) is 18.1 Å². The lowest BCUT2D eigenvalue weighted by Crippen LogP contribution is -2.19. The van der Waals surface area contributed by atoms with Crippen LogP contribution in [-0.2, 0) is 27.6 Å². The Morgan fingerprint density at radius 2 is 1.67 bits per heavy atom. The van der Waals surface area contributed by atoms with Crippen molar-refractivity contribution in [2.24, 2.45) is 0 Å². The molecule has 3 rings (SSSR count). The quantitative estimate of drug-likeness (QED) is 0.296. The minimum Gasteiger partial charge on any atom is -0.489 e. The Hall–Kier alpha value is -1.93. The molecule has 0 N–H and O–H groups in total. The lowest BCUT2D eigenvalue weighted by Gasteiger charge is -2.27. The van der Waals surface area contributed by atoms with Crippen molar-refractivity contribution in [1.82, 2.24) is 4.98 Å². The maximum absolute atomic E-state index is 11.5. The molecule has 0 aliphatic rings. The fraction of sp³-hybridized carbons (Fsp3) is 0.348. The second kappa shape index (κ2) is 10.6. The number of sulfone groups is 1. The van der Waals surface area contributed by atoms with E-state index in [0.29, 0.717) is 39.7 Å². The molecule has 10 heteroatoms. The van der Waals surface area contributed by atoms with Crippen molar-refractivity contribution in [3.05, 3.63) is 75.4 Å². The zero-order valence-corrected chi connectivity index (χ0v) is 21.5. The molecule has 3 aromatic rings. The van der Waals surface area contributed by atoms with Gasteiger partial charge in [0.1, 0.15) is 36.2 Å². The van der Waals surface area contributed by atoms with Crippen LogP contribution in [0.25, 0.3) is 0 Å². The summed E-state index contributed by atoms with van der Waals surface area (Å²) in [5.74, 6) is 1.43. The number of alkyl halides is 1. The van der Waals surface area contributed by atoms with Crippen LogP contribution in [0, 0.1) is 0 Å². The van der Waals surface area contributed by atoms with Crippen LogP contribution >= 0.6 is 34.8 Å². The number of hydrogen-bond acceptors (Lipinski definition) is 6. The topological polar surface area (TPSA) is 78.6 Å². The van der Waals surface area contributed by atoms with E-state index in [4.69, 9.17) is 48.7 Å². The Bertz CT molecular complexity index is 1180. The fourth-order valence-corrected chi connectivity index (χ4v) is 4.64. The summed E-state index contributed by atoms with van der Waals surface area (Å²) in [4.78, 5) is 4.06. The van der Waals surface area contributed by atoms with Crippen molar-refractivity contribution < 1.29 is 22.3 Å². The molecule has 0 radical (unpaired) electrons. The lowest BCUT2D eigenvalue weighted by molar-refractivity contribution is 0.299. The Morgan fingerprint density at radius 3 is 2.24 bits per heavy atom. The molecule has 0 unspecified atom stereocenters. The highest BCUT2D eigenvalue weighted by atomic mass is 35.5. The van der Waals surface area contributed by atoms with Gasteiger partial charge in [-0.15, -0.1) is 11.6 Å². The van der Waals surface area contributed by atoms with Crippen LogP contribution in [0.1, 0.15) is 36.4 Å². The summed E-state index contributed by atoms with van der Waals surface area (Å²) in [7, 11) is -3.24. The van der Waals surface area contributed by atoms with Gasteiger partial charge in [0, 0.05) is 11.7 Å². The highest BCUT2D eigenvalue weighted by molar-refractivity contribution is 7.89. The van der Waals surface area contributed by atoms with Crippen LogP contribution in [0.3, 0.4) is 0 Å². The number of ether oxygens (including phenoxy) is 2. The summed E-state index contributed by atoms with van der Waals surface area (Å²) >= 11 is 18.5. The van der Waals surface area contributed by atoms with Gasteiger partial charge < -0.3 is 13.9 Å². The molecule has 0 aliphatic heterocycles. The average Bonchev–Trinajstić information content (AvgIpc) is 3.17. The second-order valence-corrected chi connectivity index (χ2v) is 11.4. The fourth-order valence-electron chi connectivity index (χ4n) is 3.25. The maximum atomic E-state index is 11.5. The second-order valence-electron chi connectivity index (χ2n) is 8.04. The first-order valence-corrected chi connectivity index (χ1v) is 13.4. The van der Waals surface area contributed by atoms with Gasteiger partial charge in [-0.1, -0.05) is 49.2 Å². The van der Waals surface area contributed by atoms with Crippen molar-refractivity contribution in [2.75, 3.05) is 18.7 Å². The minimum atomic E-state index is -3.24. The molecule has 1 heterocycles. The molecular formula is C23H24Cl3NO5S. The normalized spacial score (nSPS) is 12.1. The minimum absolute atomic E-state index is 0.0963. The molecule has 0 spiro atoms. The lowest BCUT2D eigenvalue weighted by atomic mass is 9.78. The van der Waals surface area contributed by atoms with Gasteiger partial charge in [-0.2, -0.15) is 0 Å². The average molecular weight is 533 g/mol. The first kappa shape index (κ1) is 25.7. The maximum Gasteiger partial charge on any atom is 0.181 e. The first-order chi connectivity index (χ1) is 15.5. The molecule has 0 saturated heterocycles. The van der Waals surface area contributed by atoms with E-state index in [9.17, 15) is 8.42 Å². The molecular weight excluding hydrogens is 509 g/mol. The van der Waals surface area contributed by atoms with Crippen LogP contribution < -0.4 is 9.47 Å². The van der Waals surface area contributed by atoms with E-state index in [1.54, 1.807) is 0 Å². The van der Waals surface area contributed by atoms with E-state index in [2.05, 4.69) is 18.8 Å². The first-order valence-electron chi connectivity index (χ1n) is 10.0. The zero-order valence-electron chi connectivity index (χ0n) is 18.4. The standard InChI is InChI=1S/C23H24Cl3NO5S/c1-23(2,16-10-18(25)22(19(26)11-16)30-9-8-24)15-4-6-17(7-5-15)31-12-20-21(32-14-27-20)13-33(3,28)29/h4-7,10-11,14H,8-9,12-13H2,1-3H3. The molecule has 1 aromatic heterocycles. The molecule has 0 amide bonds. The number of aromatic nitrogens is 1. The number of hydrogen-bond donors (Lipinski definition) is 0. The Kier molecular flexibility index (Phi) is 8.22. The molecule has 0 saturated carbocycles. The Balaban J connectivity index is 1.74. The third kappa shape index (κ3) is 6.57. The molecule has 6 nitrogen and oxygen atoms in total. The van der Waals surface area contributed by atoms with Gasteiger partial charge in [0.25, 0.3) is 0 Å². The van der Waals surface area contributed by atoms with Gasteiger partial charge >= 0.3 is 0 Å². The van der Waals surface area contributed by atoms with Crippen LogP contribution in [0.2, 0.25) is 10.0 Å². The molecule has 178 valence electrons. The summed E-state index contributed by atoms with van der Waals surface area (Å²) in [5.41, 5.74) is 2.00. The molecule has 0 bridgehead atoms. The van der Waals surface area contributed by atoms with Gasteiger partial charge in [-0.25, -0.2) is 13.4 Å². The number of halogens is 3. The molecule has 0 fully saturated rings. The van der Waals surface area contributed by atoms with E-state index in [0.717, 1.165) is 17.4 Å². The van der Waals surface area contributed by atoms with Crippen molar-refractivity contribution in [3.63, 3.8) is 0 Å². The number of oxazole rings is 1. The number of nitrogens with zero attached hydrogens (tertiary/aromatic N) is 1. The van der Waals surface area contributed by atoms with Gasteiger partial charge in [-0.3, -0.25) is 0 Å². The van der Waals surface area contributed by atoms with Crippen LogP contribution in [0.5, 0.6) is 11.5 Å². The summed E-state index contributed by atoms with van der Waals surface area (Å²) in [6.07, 6.45) is 2.36. The number of rotatable bonds is 10. The molecule has 0 atom stereocenters. The zero-order chi connectivity index (χ0) is 24.2. The third-order valence-corrected chi connectivity index (χ3v) is 6.62. The van der Waals surface area contributed by atoms with Crippen molar-refractivity contribution in [3.8, 4) is 11.5 Å². The van der Waals surface area contributed by atoms with E-state index in [1.807, 2.05) is 36.4 Å². The van der Waals surface area contributed by atoms with E-state index < -0.39 is 15.3 Å². The summed E-state index contributed by atoms with van der Waals surface area (Å²) in [6, 6.07) is 11.3. The SMILES string of the molecule is CC(C)(c1ccc(OCc2ncoc2CS(C)(=O)=O)cc1)c1cc(Cl)c(OCCCl)c(Cl)c1. The Morgan fingerprint density at radius 1 is 1.03 bits per heavy atom. The smallest absolute Gasteiger partial charge is 0.181 e. The van der Waals surface area contributed by atoms with Crippen LogP contribution in [0.4, 0.5) is 0 Å². The predicted molar refractivity (Wildman–Crippen MR) is 131 cm³/mol. The molecule has 2 aromatic carbocycles. The molecule has 33 heavy (non-hydrogen) atoms. The summed E-state index contributed by atoms with van der Waals surface area (Å²) < 4.78 is 39.6. The van der Waals surface area contributed by atoms with Gasteiger partial charge in [0.15, 0.2) is 22.0 Å². The highest BCUT2D eigenvalue weighted by Gasteiger charge is 2.26. The van der Waals surface area contributed by atoms with Crippen molar-refractivity contribution in [2.45, 2.75) is 31.6 Å². The van der Waals surface area contributed by atoms with Gasteiger partial charge in [0.05, 0.1) is 15.9 Å². The van der Waals surface area contributed by atoms with Gasteiger partial charge in [-0.05, 0) is 35.4 Å². The summed E-state index contributed by atoms with van der Waals surface area (Å²) in [5, 5.41) is 0.848. The predicted octanol–water partition coefficient (Wildman–Crippen LogP) is 6.05. The highest BCUT2D eigenvalue weighted by Crippen LogP contribution is 2.40. The van der Waals surface area contributed by atoms with E-state index >= 15 is 0 Å². The van der Waals surface area contributed by atoms with Crippen LogP contribution in [0.15, 0.2) is 47.2 Å². The van der Waals surface area contributed by atoms with Crippen LogP contribution in [-0.4, -0.2) is 32.1 Å². The summed E-state index contributed by atoms with van der Waals surface area (Å²) in [6.45, 7) is 4.54. The van der Waals surface area contributed by atoms with Crippen molar-refractivity contribution >= 4 is 44.6 Å². The third-order valence-electron chi connectivity index (χ3n) is 5.11. The number of benzene rings is 2. The monoisotopic (exact) mass is 531 g/mol. The van der Waals surface area contributed by atoms with Gasteiger partial charge in [0.2, 0.25) is 0 Å². The Labute approximate surface area is 208 Å². The van der Waals surface area contributed by atoms with E-state index in [1.165, 1.54) is 6.39 Å².